The predicted octanol–water partition coefficient (Wildman–Crippen LogP) is 2.52. The number of aliphatic carboxylic acids is 1. The summed E-state index contributed by atoms with van der Waals surface area (Å²) in [4.78, 5) is 23.2. The minimum Gasteiger partial charge on any atom is -0.481 e. The van der Waals surface area contributed by atoms with Gasteiger partial charge in [-0.1, -0.05) is 24.3 Å². The summed E-state index contributed by atoms with van der Waals surface area (Å²) in [6.07, 6.45) is 2.98. The molecule has 2 rings (SSSR count). The first-order valence-corrected chi connectivity index (χ1v) is 6.36. The van der Waals surface area contributed by atoms with Crippen LogP contribution in [0.2, 0.25) is 0 Å². The number of ketones is 1. The molecule has 3 nitrogen and oxygen atoms in total. The van der Waals surface area contributed by atoms with Crippen LogP contribution in [0.15, 0.2) is 36.4 Å². The van der Waals surface area contributed by atoms with Crippen molar-refractivity contribution in [2.24, 2.45) is 0 Å². The summed E-state index contributed by atoms with van der Waals surface area (Å²) in [6, 6.07) is 5.64. The molecule has 1 aromatic rings. The Morgan fingerprint density at radius 2 is 2.11 bits per heavy atom. The zero-order valence-corrected chi connectivity index (χ0v) is 10.2. The number of carbonyl (C=O) groups excluding carboxylic acids is 1. The molecule has 0 aliphatic carbocycles. The molecular formula is C13H11FO3S. The van der Waals surface area contributed by atoms with Crippen molar-refractivity contribution in [3.05, 3.63) is 47.8 Å². The summed E-state index contributed by atoms with van der Waals surface area (Å²) >= 11 is 1.22. The van der Waals surface area contributed by atoms with Gasteiger partial charge in [0, 0.05) is 5.75 Å². The fourth-order valence-electron chi connectivity index (χ4n) is 1.91. The topological polar surface area (TPSA) is 54.4 Å². The van der Waals surface area contributed by atoms with Crippen LogP contribution in [0.25, 0.3) is 0 Å². The van der Waals surface area contributed by atoms with Crippen LogP contribution in [0, 0.1) is 5.82 Å². The van der Waals surface area contributed by atoms with Gasteiger partial charge in [0.15, 0.2) is 5.78 Å². The van der Waals surface area contributed by atoms with Crippen molar-refractivity contribution in [3.63, 3.8) is 0 Å². The molecule has 0 amide bonds. The number of carbonyl (C=O) groups is 2. The van der Waals surface area contributed by atoms with Crippen LogP contribution in [0.3, 0.4) is 0 Å². The maximum atomic E-state index is 13.6. The Morgan fingerprint density at radius 3 is 2.67 bits per heavy atom. The Balaban J connectivity index is 2.39. The van der Waals surface area contributed by atoms with Gasteiger partial charge in [0.2, 0.25) is 0 Å². The number of carboxylic acid groups (broad SMARTS) is 1. The van der Waals surface area contributed by atoms with Crippen molar-refractivity contribution in [1.82, 2.24) is 0 Å². The van der Waals surface area contributed by atoms with Gasteiger partial charge in [-0.15, -0.1) is 11.8 Å². The number of benzene rings is 1. The number of halogens is 1. The Hall–Kier alpha value is -1.62. The smallest absolute Gasteiger partial charge is 0.305 e. The molecule has 1 unspecified atom stereocenters. The molecule has 0 aromatic heterocycles. The van der Waals surface area contributed by atoms with E-state index in [-0.39, 0.29) is 12.0 Å². The van der Waals surface area contributed by atoms with Crippen LogP contribution in [0.1, 0.15) is 16.8 Å². The average molecular weight is 266 g/mol. The second kappa shape index (κ2) is 4.94. The van der Waals surface area contributed by atoms with E-state index < -0.39 is 22.3 Å². The van der Waals surface area contributed by atoms with E-state index in [2.05, 4.69) is 0 Å². The molecule has 94 valence electrons. The van der Waals surface area contributed by atoms with Crippen molar-refractivity contribution >= 4 is 23.5 Å². The molecule has 0 fully saturated rings. The average Bonchev–Trinajstić information content (AvgIpc) is 2.77. The van der Waals surface area contributed by atoms with Crippen LogP contribution in [-0.4, -0.2) is 27.4 Å². The molecular weight excluding hydrogens is 255 g/mol. The first kappa shape index (κ1) is 12.8. The molecule has 1 N–H and O–H groups in total. The number of Topliss-reactive ketones (excluding diaryl/α,β-unsaturated/α-hetero) is 1. The fourth-order valence-corrected chi connectivity index (χ4v) is 3.06. The normalized spacial score (nSPS) is 22.1. The van der Waals surface area contributed by atoms with Gasteiger partial charge >= 0.3 is 5.97 Å². The van der Waals surface area contributed by atoms with Gasteiger partial charge in [0.25, 0.3) is 0 Å². The molecule has 0 radical (unpaired) electrons. The SMILES string of the molecule is O=C(O)CC1(C(=O)c2ccccc2F)C=CCS1. The monoisotopic (exact) mass is 266 g/mol. The van der Waals surface area contributed by atoms with E-state index in [0.717, 1.165) is 0 Å². The van der Waals surface area contributed by atoms with E-state index in [0.29, 0.717) is 5.75 Å². The number of carboxylic acids is 1. The predicted molar refractivity (Wildman–Crippen MR) is 67.3 cm³/mol. The van der Waals surface area contributed by atoms with Crippen molar-refractivity contribution in [2.45, 2.75) is 11.2 Å². The summed E-state index contributed by atoms with van der Waals surface area (Å²) in [5.74, 6) is -1.61. The quantitative estimate of drug-likeness (QED) is 0.672. The maximum Gasteiger partial charge on any atom is 0.305 e. The summed E-state index contributed by atoms with van der Waals surface area (Å²) < 4.78 is 12.4. The van der Waals surface area contributed by atoms with Crippen LogP contribution >= 0.6 is 11.8 Å². The van der Waals surface area contributed by atoms with E-state index in [4.69, 9.17) is 5.11 Å². The van der Waals surface area contributed by atoms with Crippen molar-refractivity contribution < 1.29 is 19.1 Å². The van der Waals surface area contributed by atoms with E-state index in [1.807, 2.05) is 0 Å². The summed E-state index contributed by atoms with van der Waals surface area (Å²) in [5, 5.41) is 8.91. The maximum absolute atomic E-state index is 13.6. The standard InChI is InChI=1S/C13H11FO3S/c14-10-5-2-1-4-9(10)12(17)13(8-11(15)16)6-3-7-18-13/h1-6H,7-8H2,(H,15,16). The van der Waals surface area contributed by atoms with Crippen molar-refractivity contribution in [3.8, 4) is 0 Å². The van der Waals surface area contributed by atoms with Gasteiger partial charge in [-0.2, -0.15) is 0 Å². The van der Waals surface area contributed by atoms with Crippen molar-refractivity contribution in [2.75, 3.05) is 5.75 Å². The highest BCUT2D eigenvalue weighted by Gasteiger charge is 2.42. The minimum absolute atomic E-state index is 0.0576. The highest BCUT2D eigenvalue weighted by Crippen LogP contribution is 2.39. The lowest BCUT2D eigenvalue weighted by Crippen LogP contribution is -2.34. The third-order valence-corrected chi connectivity index (χ3v) is 4.08. The van der Waals surface area contributed by atoms with Gasteiger partial charge in [-0.3, -0.25) is 9.59 Å². The van der Waals surface area contributed by atoms with Gasteiger partial charge in [0.05, 0.1) is 12.0 Å². The van der Waals surface area contributed by atoms with E-state index in [1.165, 1.54) is 30.0 Å². The zero-order chi connectivity index (χ0) is 13.2. The molecule has 0 saturated heterocycles. The first-order chi connectivity index (χ1) is 8.55. The largest absolute Gasteiger partial charge is 0.481 e. The second-order valence-corrected chi connectivity index (χ2v) is 5.33. The Bertz CT molecular complexity index is 527. The molecule has 0 bridgehead atoms. The van der Waals surface area contributed by atoms with E-state index >= 15 is 0 Å². The lowest BCUT2D eigenvalue weighted by atomic mass is 9.93. The summed E-state index contributed by atoms with van der Waals surface area (Å²) in [5.41, 5.74) is -0.0576. The summed E-state index contributed by atoms with van der Waals surface area (Å²) in [7, 11) is 0. The molecule has 5 heteroatoms. The Morgan fingerprint density at radius 1 is 1.39 bits per heavy atom. The van der Waals surface area contributed by atoms with Crippen molar-refractivity contribution in [1.29, 1.82) is 0 Å². The number of hydrogen-bond acceptors (Lipinski definition) is 3. The highest BCUT2D eigenvalue weighted by molar-refractivity contribution is 8.02. The van der Waals surface area contributed by atoms with Gasteiger partial charge in [-0.25, -0.2) is 4.39 Å². The van der Waals surface area contributed by atoms with Gasteiger partial charge in [-0.05, 0) is 12.1 Å². The second-order valence-electron chi connectivity index (χ2n) is 3.98. The third-order valence-electron chi connectivity index (χ3n) is 2.74. The Kier molecular flexibility index (Phi) is 3.52. The number of thioether (sulfide) groups is 1. The molecule has 18 heavy (non-hydrogen) atoms. The van der Waals surface area contributed by atoms with Crippen LogP contribution in [0.5, 0.6) is 0 Å². The third kappa shape index (κ3) is 2.31. The minimum atomic E-state index is -1.17. The molecule has 1 aliphatic rings. The van der Waals surface area contributed by atoms with Crippen LogP contribution in [-0.2, 0) is 4.79 Å². The lowest BCUT2D eigenvalue weighted by Gasteiger charge is -2.23. The van der Waals surface area contributed by atoms with E-state index in [9.17, 15) is 14.0 Å². The highest BCUT2D eigenvalue weighted by atomic mass is 32.2. The van der Waals surface area contributed by atoms with E-state index in [1.54, 1.807) is 18.2 Å². The molecule has 1 aromatic carbocycles. The first-order valence-electron chi connectivity index (χ1n) is 5.38. The molecule has 0 saturated carbocycles. The lowest BCUT2D eigenvalue weighted by molar-refractivity contribution is -0.137. The Labute approximate surface area is 108 Å². The molecule has 1 aliphatic heterocycles. The number of hydrogen-bond donors (Lipinski definition) is 1. The molecule has 1 heterocycles. The zero-order valence-electron chi connectivity index (χ0n) is 9.43. The molecule has 0 spiro atoms. The van der Waals surface area contributed by atoms with Gasteiger partial charge in [0.1, 0.15) is 10.6 Å². The number of rotatable bonds is 4. The summed E-state index contributed by atoms with van der Waals surface area (Å²) in [6.45, 7) is 0. The van der Waals surface area contributed by atoms with Crippen LogP contribution < -0.4 is 0 Å². The van der Waals surface area contributed by atoms with Crippen LogP contribution in [0.4, 0.5) is 4.39 Å². The fraction of sp³-hybridized carbons (Fsp3) is 0.231. The van der Waals surface area contributed by atoms with Gasteiger partial charge < -0.3 is 5.11 Å². The molecule has 1 atom stereocenters.